The van der Waals surface area contributed by atoms with E-state index in [9.17, 15) is 5.11 Å². The highest BCUT2D eigenvalue weighted by Crippen LogP contribution is 2.14. The lowest BCUT2D eigenvalue weighted by molar-refractivity contribution is 0.0500. The minimum Gasteiger partial charge on any atom is -0.389 e. The molecule has 0 aliphatic heterocycles. The van der Waals surface area contributed by atoms with Crippen LogP contribution in [0.5, 0.6) is 0 Å². The maximum absolute atomic E-state index is 10.0. The highest BCUT2D eigenvalue weighted by Gasteiger charge is 2.18. The van der Waals surface area contributed by atoms with Gasteiger partial charge in [-0.05, 0) is 24.8 Å². The molecule has 1 aromatic rings. The van der Waals surface area contributed by atoms with Crippen molar-refractivity contribution < 1.29 is 5.11 Å². The number of aliphatic hydroxyl groups is 1. The first-order valence-electron chi connectivity index (χ1n) is 6.53. The number of hydrogen-bond donors (Lipinski definition) is 2. The maximum Gasteiger partial charge on any atom is 0.0743 e. The molecule has 2 atom stereocenters. The Morgan fingerprint density at radius 2 is 1.94 bits per heavy atom. The number of benzene rings is 1. The number of rotatable bonds is 7. The van der Waals surface area contributed by atoms with Gasteiger partial charge in [0.25, 0.3) is 0 Å². The Balaban J connectivity index is 2.32. The molecule has 17 heavy (non-hydrogen) atoms. The highest BCUT2D eigenvalue weighted by molar-refractivity contribution is 5.18. The third-order valence-corrected chi connectivity index (χ3v) is 3.11. The average Bonchev–Trinajstić information content (AvgIpc) is 2.29. The highest BCUT2D eigenvalue weighted by atomic mass is 16.3. The van der Waals surface area contributed by atoms with Crippen LogP contribution in [-0.2, 0) is 0 Å². The van der Waals surface area contributed by atoms with Gasteiger partial charge in [-0.25, -0.2) is 0 Å². The Bertz CT molecular complexity index is 308. The summed E-state index contributed by atoms with van der Waals surface area (Å²) >= 11 is 0. The van der Waals surface area contributed by atoms with Crippen molar-refractivity contribution in [3.05, 3.63) is 35.9 Å². The van der Waals surface area contributed by atoms with Gasteiger partial charge in [-0.15, -0.1) is 0 Å². The molecule has 1 aromatic carbocycles. The van der Waals surface area contributed by atoms with Crippen molar-refractivity contribution in [2.45, 2.75) is 45.1 Å². The normalized spacial score (nSPS) is 16.5. The van der Waals surface area contributed by atoms with E-state index in [0.29, 0.717) is 12.5 Å². The smallest absolute Gasteiger partial charge is 0.0743 e. The Hall–Kier alpha value is -0.860. The van der Waals surface area contributed by atoms with Crippen LogP contribution in [0.4, 0.5) is 0 Å². The monoisotopic (exact) mass is 235 g/mol. The zero-order chi connectivity index (χ0) is 12.7. The molecule has 0 aromatic heterocycles. The van der Waals surface area contributed by atoms with E-state index in [4.69, 9.17) is 0 Å². The van der Waals surface area contributed by atoms with Gasteiger partial charge in [-0.2, -0.15) is 0 Å². The molecule has 96 valence electrons. The summed E-state index contributed by atoms with van der Waals surface area (Å²) in [6, 6.07) is 10.5. The molecule has 0 saturated carbocycles. The minimum atomic E-state index is -0.578. The largest absolute Gasteiger partial charge is 0.389 e. The maximum atomic E-state index is 10.0. The van der Waals surface area contributed by atoms with Gasteiger partial charge in [0.15, 0.2) is 0 Å². The zero-order valence-electron chi connectivity index (χ0n) is 11.2. The van der Waals surface area contributed by atoms with Crippen molar-refractivity contribution >= 4 is 0 Å². The molecule has 2 unspecified atom stereocenters. The molecule has 0 aliphatic carbocycles. The third-order valence-electron chi connectivity index (χ3n) is 3.11. The van der Waals surface area contributed by atoms with Crippen LogP contribution in [0, 0.1) is 0 Å². The molecule has 0 bridgehead atoms. The first kappa shape index (κ1) is 14.2. The van der Waals surface area contributed by atoms with Gasteiger partial charge in [0.05, 0.1) is 5.60 Å². The van der Waals surface area contributed by atoms with Crippen molar-refractivity contribution in [3.63, 3.8) is 0 Å². The fourth-order valence-electron chi connectivity index (χ4n) is 2.08. The number of nitrogens with one attached hydrogen (secondary N) is 1. The predicted octanol–water partition coefficient (Wildman–Crippen LogP) is 2.93. The first-order valence-corrected chi connectivity index (χ1v) is 6.53. The van der Waals surface area contributed by atoms with Crippen LogP contribution >= 0.6 is 0 Å². The molecule has 2 heteroatoms. The van der Waals surface area contributed by atoms with Crippen molar-refractivity contribution in [3.8, 4) is 0 Å². The summed E-state index contributed by atoms with van der Waals surface area (Å²) in [6.07, 6.45) is 1.86. The molecule has 1 rings (SSSR count). The molecular formula is C15H25NO. The third kappa shape index (κ3) is 5.33. The lowest BCUT2D eigenvalue weighted by atomic mass is 9.99. The number of hydrogen-bond acceptors (Lipinski definition) is 2. The lowest BCUT2D eigenvalue weighted by Gasteiger charge is -2.24. The second-order valence-corrected chi connectivity index (χ2v) is 5.19. The topological polar surface area (TPSA) is 32.3 Å². The van der Waals surface area contributed by atoms with E-state index >= 15 is 0 Å². The molecule has 0 saturated heterocycles. The summed E-state index contributed by atoms with van der Waals surface area (Å²) in [5, 5.41) is 13.4. The Morgan fingerprint density at radius 1 is 1.29 bits per heavy atom. The van der Waals surface area contributed by atoms with E-state index in [0.717, 1.165) is 19.4 Å². The van der Waals surface area contributed by atoms with Crippen LogP contribution in [0.3, 0.4) is 0 Å². The summed E-state index contributed by atoms with van der Waals surface area (Å²) in [7, 11) is 0. The van der Waals surface area contributed by atoms with Crippen LogP contribution < -0.4 is 5.32 Å². The van der Waals surface area contributed by atoms with Gasteiger partial charge in [-0.1, -0.05) is 50.6 Å². The van der Waals surface area contributed by atoms with E-state index < -0.39 is 5.60 Å². The van der Waals surface area contributed by atoms with Crippen LogP contribution in [-0.4, -0.2) is 23.8 Å². The fourth-order valence-corrected chi connectivity index (χ4v) is 2.08. The van der Waals surface area contributed by atoms with Crippen LogP contribution in [0.15, 0.2) is 30.3 Å². The van der Waals surface area contributed by atoms with Crippen molar-refractivity contribution in [2.24, 2.45) is 0 Å². The standard InChI is InChI=1S/C15H25NO/c1-4-10-15(3,17)12-16-11-13(2)14-8-6-5-7-9-14/h5-9,13,16-17H,4,10-12H2,1-3H3. The quantitative estimate of drug-likeness (QED) is 0.761. The van der Waals surface area contributed by atoms with Crippen LogP contribution in [0.2, 0.25) is 0 Å². The SMILES string of the molecule is CCCC(C)(O)CNCC(C)c1ccccc1. The van der Waals surface area contributed by atoms with E-state index in [2.05, 4.69) is 43.4 Å². The van der Waals surface area contributed by atoms with E-state index in [1.807, 2.05) is 13.0 Å². The van der Waals surface area contributed by atoms with E-state index in [-0.39, 0.29) is 0 Å². The lowest BCUT2D eigenvalue weighted by Crippen LogP contribution is -2.38. The van der Waals surface area contributed by atoms with E-state index in [1.165, 1.54) is 5.56 Å². The Labute approximate surface area is 105 Å². The molecule has 2 nitrogen and oxygen atoms in total. The Morgan fingerprint density at radius 3 is 2.53 bits per heavy atom. The molecule has 0 spiro atoms. The first-order chi connectivity index (χ1) is 8.05. The fraction of sp³-hybridized carbons (Fsp3) is 0.600. The Kier molecular flexibility index (Phi) is 5.66. The molecule has 2 N–H and O–H groups in total. The molecule has 0 fully saturated rings. The second-order valence-electron chi connectivity index (χ2n) is 5.19. The van der Waals surface area contributed by atoms with Crippen LogP contribution in [0.1, 0.15) is 45.1 Å². The van der Waals surface area contributed by atoms with Crippen molar-refractivity contribution in [1.82, 2.24) is 5.32 Å². The predicted molar refractivity (Wildman–Crippen MR) is 73.3 cm³/mol. The van der Waals surface area contributed by atoms with Gasteiger partial charge in [0.2, 0.25) is 0 Å². The molecule has 0 aliphatic rings. The average molecular weight is 235 g/mol. The van der Waals surface area contributed by atoms with Gasteiger partial charge >= 0.3 is 0 Å². The minimum absolute atomic E-state index is 0.480. The second kappa shape index (κ2) is 6.77. The summed E-state index contributed by atoms with van der Waals surface area (Å²) in [4.78, 5) is 0. The van der Waals surface area contributed by atoms with Crippen molar-refractivity contribution in [2.75, 3.05) is 13.1 Å². The molecule has 0 heterocycles. The molecular weight excluding hydrogens is 210 g/mol. The van der Waals surface area contributed by atoms with Crippen LogP contribution in [0.25, 0.3) is 0 Å². The van der Waals surface area contributed by atoms with Crippen molar-refractivity contribution in [1.29, 1.82) is 0 Å². The zero-order valence-corrected chi connectivity index (χ0v) is 11.2. The molecule has 0 amide bonds. The summed E-state index contributed by atoms with van der Waals surface area (Å²) in [5.74, 6) is 0.480. The van der Waals surface area contributed by atoms with Gasteiger partial charge in [0, 0.05) is 13.1 Å². The summed E-state index contributed by atoms with van der Waals surface area (Å²) < 4.78 is 0. The van der Waals surface area contributed by atoms with Gasteiger partial charge in [-0.3, -0.25) is 0 Å². The van der Waals surface area contributed by atoms with E-state index in [1.54, 1.807) is 0 Å². The van der Waals surface area contributed by atoms with Gasteiger partial charge in [0.1, 0.15) is 0 Å². The summed E-state index contributed by atoms with van der Waals surface area (Å²) in [5.41, 5.74) is 0.765. The molecule has 0 radical (unpaired) electrons. The van der Waals surface area contributed by atoms with Gasteiger partial charge < -0.3 is 10.4 Å². The summed E-state index contributed by atoms with van der Waals surface area (Å²) in [6.45, 7) is 7.77.